The van der Waals surface area contributed by atoms with Crippen LogP contribution in [0.5, 0.6) is 11.5 Å². The monoisotopic (exact) mass is 437 g/mol. The van der Waals surface area contributed by atoms with Crippen molar-refractivity contribution < 1.29 is 14.3 Å². The number of nitrogens with one attached hydrogen (secondary N) is 2. The average Bonchev–Trinajstić information content (AvgIpc) is 2.69. The fourth-order valence-electron chi connectivity index (χ4n) is 2.45. The Morgan fingerprint density at radius 2 is 2.00 bits per heavy atom. The highest BCUT2D eigenvalue weighted by Gasteiger charge is 2.21. The molecule has 0 radical (unpaired) electrons. The van der Waals surface area contributed by atoms with Gasteiger partial charge in [0.1, 0.15) is 11.5 Å². The van der Waals surface area contributed by atoms with Crippen LogP contribution in [-0.4, -0.2) is 40.6 Å². The molecule has 1 unspecified atom stereocenters. The first-order chi connectivity index (χ1) is 13.9. The summed E-state index contributed by atoms with van der Waals surface area (Å²) < 4.78 is 10.5. The number of carbonyl (C=O) groups excluding carboxylic acids is 1. The molecule has 1 aromatic heterocycles. The molecule has 7 nitrogen and oxygen atoms in total. The molecule has 0 saturated carbocycles. The van der Waals surface area contributed by atoms with Gasteiger partial charge in [0.2, 0.25) is 5.91 Å². The lowest BCUT2D eigenvalue weighted by Crippen LogP contribution is -2.25. The van der Waals surface area contributed by atoms with Crippen molar-refractivity contribution in [3.8, 4) is 11.5 Å². The Balaban J connectivity index is 2.15. The van der Waals surface area contributed by atoms with Crippen molar-refractivity contribution in [1.82, 2.24) is 9.97 Å². The number of thioether (sulfide) groups is 2. The minimum Gasteiger partial charge on any atom is -0.497 e. The van der Waals surface area contributed by atoms with E-state index >= 15 is 0 Å². The molecule has 1 aromatic carbocycles. The van der Waals surface area contributed by atoms with E-state index in [9.17, 15) is 9.59 Å². The van der Waals surface area contributed by atoms with Crippen LogP contribution in [0.4, 0.5) is 5.69 Å². The Hall–Kier alpha value is -2.13. The van der Waals surface area contributed by atoms with Crippen LogP contribution in [0.3, 0.4) is 0 Å². The molecular weight excluding hydrogens is 410 g/mol. The Kier molecular flexibility index (Phi) is 8.91. The van der Waals surface area contributed by atoms with Gasteiger partial charge < -0.3 is 19.8 Å². The Morgan fingerprint density at radius 3 is 2.62 bits per heavy atom. The molecule has 9 heteroatoms. The topological polar surface area (TPSA) is 93.3 Å². The molecule has 2 aromatic rings. The van der Waals surface area contributed by atoms with Crippen LogP contribution in [0.2, 0.25) is 0 Å². The normalized spacial score (nSPS) is 11.9. The minimum atomic E-state index is -0.429. The molecule has 1 atom stereocenters. The summed E-state index contributed by atoms with van der Waals surface area (Å²) in [4.78, 5) is 32.1. The zero-order valence-electron chi connectivity index (χ0n) is 17.3. The number of aromatic amines is 1. The predicted molar refractivity (Wildman–Crippen MR) is 119 cm³/mol. The number of ether oxygens (including phenoxy) is 2. The molecule has 2 rings (SSSR count). The summed E-state index contributed by atoms with van der Waals surface area (Å²) in [7, 11) is 3.10. The molecule has 0 fully saturated rings. The lowest BCUT2D eigenvalue weighted by atomic mass is 10.2. The Labute approximate surface area is 179 Å². The third-order valence-electron chi connectivity index (χ3n) is 3.92. The number of carbonyl (C=O) groups is 1. The summed E-state index contributed by atoms with van der Waals surface area (Å²) in [5, 5.41) is 3.34. The van der Waals surface area contributed by atoms with Crippen molar-refractivity contribution in [1.29, 1.82) is 0 Å². The van der Waals surface area contributed by atoms with Gasteiger partial charge in [0, 0.05) is 17.9 Å². The van der Waals surface area contributed by atoms with Crippen molar-refractivity contribution >= 4 is 35.1 Å². The van der Waals surface area contributed by atoms with Crippen LogP contribution in [0.1, 0.15) is 32.9 Å². The van der Waals surface area contributed by atoms with Crippen LogP contribution in [0.25, 0.3) is 0 Å². The van der Waals surface area contributed by atoms with Crippen molar-refractivity contribution in [2.75, 3.05) is 19.5 Å². The second-order valence-corrected chi connectivity index (χ2v) is 9.23. The number of hydrogen-bond donors (Lipinski definition) is 2. The van der Waals surface area contributed by atoms with E-state index in [1.165, 1.54) is 17.8 Å². The molecule has 0 spiro atoms. The standard InChI is InChI=1S/C20H27N3O4S2/c1-6-17(19(25)22-15-10-14(26-4)7-8-16(15)27-5)29-20-21-13(9-18(24)23-20)11-28-12(2)3/h7-10,12,17H,6,11H2,1-5H3,(H,22,25)(H,21,23,24). The van der Waals surface area contributed by atoms with E-state index in [1.54, 1.807) is 44.2 Å². The van der Waals surface area contributed by atoms with Gasteiger partial charge >= 0.3 is 0 Å². The Morgan fingerprint density at radius 1 is 1.24 bits per heavy atom. The Bertz CT molecular complexity index is 886. The third-order valence-corrected chi connectivity index (χ3v) is 6.30. The van der Waals surface area contributed by atoms with E-state index in [1.807, 2.05) is 6.92 Å². The smallest absolute Gasteiger partial charge is 0.251 e. The maximum atomic E-state index is 12.8. The molecule has 0 aliphatic heterocycles. The number of nitrogens with zero attached hydrogens (tertiary/aromatic N) is 1. The summed E-state index contributed by atoms with van der Waals surface area (Å²) in [6.45, 7) is 6.10. The van der Waals surface area contributed by atoms with Crippen LogP contribution in [0, 0.1) is 0 Å². The summed E-state index contributed by atoms with van der Waals surface area (Å²) in [6, 6.07) is 6.70. The number of amides is 1. The lowest BCUT2D eigenvalue weighted by molar-refractivity contribution is -0.115. The van der Waals surface area contributed by atoms with Gasteiger partial charge in [0.25, 0.3) is 5.56 Å². The number of aromatic nitrogens is 2. The summed E-state index contributed by atoms with van der Waals surface area (Å²) >= 11 is 2.95. The van der Waals surface area contributed by atoms with E-state index in [0.717, 1.165) is 0 Å². The lowest BCUT2D eigenvalue weighted by Gasteiger charge is -2.16. The zero-order chi connectivity index (χ0) is 21.4. The number of methoxy groups -OCH3 is 2. The van der Waals surface area contributed by atoms with Crippen LogP contribution >= 0.6 is 23.5 Å². The maximum absolute atomic E-state index is 12.8. The molecule has 2 N–H and O–H groups in total. The van der Waals surface area contributed by atoms with E-state index in [0.29, 0.717) is 45.5 Å². The molecule has 0 bridgehead atoms. The van der Waals surface area contributed by atoms with Gasteiger partial charge in [-0.15, -0.1) is 0 Å². The first kappa shape index (κ1) is 23.2. The van der Waals surface area contributed by atoms with Gasteiger partial charge in [-0.25, -0.2) is 4.98 Å². The van der Waals surface area contributed by atoms with E-state index in [2.05, 4.69) is 29.1 Å². The highest BCUT2D eigenvalue weighted by atomic mass is 32.2. The van der Waals surface area contributed by atoms with Crippen molar-refractivity contribution in [2.45, 2.75) is 48.6 Å². The van der Waals surface area contributed by atoms with E-state index in [-0.39, 0.29) is 11.5 Å². The quantitative estimate of drug-likeness (QED) is 0.429. The van der Waals surface area contributed by atoms with Gasteiger partial charge in [-0.3, -0.25) is 9.59 Å². The number of hydrogen-bond acceptors (Lipinski definition) is 7. The van der Waals surface area contributed by atoms with E-state index in [4.69, 9.17) is 9.47 Å². The molecule has 0 aliphatic carbocycles. The molecule has 0 saturated heterocycles. The molecule has 1 heterocycles. The number of benzene rings is 1. The van der Waals surface area contributed by atoms with Crippen molar-refractivity contribution in [3.05, 3.63) is 40.3 Å². The van der Waals surface area contributed by atoms with Crippen LogP contribution < -0.4 is 20.3 Å². The predicted octanol–water partition coefficient (Wildman–Crippen LogP) is 3.94. The second kappa shape index (κ2) is 11.2. The van der Waals surface area contributed by atoms with Gasteiger partial charge in [0.05, 0.1) is 30.9 Å². The first-order valence-corrected chi connectivity index (χ1v) is 11.2. The van der Waals surface area contributed by atoms with Gasteiger partial charge in [-0.2, -0.15) is 11.8 Å². The molecule has 0 aliphatic rings. The minimum absolute atomic E-state index is 0.200. The van der Waals surface area contributed by atoms with Crippen molar-refractivity contribution in [2.24, 2.45) is 0 Å². The molecule has 29 heavy (non-hydrogen) atoms. The van der Waals surface area contributed by atoms with Crippen LogP contribution in [0.15, 0.2) is 34.2 Å². The van der Waals surface area contributed by atoms with Crippen molar-refractivity contribution in [3.63, 3.8) is 0 Å². The maximum Gasteiger partial charge on any atom is 0.251 e. The molecule has 1 amide bonds. The summed E-state index contributed by atoms with van der Waals surface area (Å²) in [5.74, 6) is 1.61. The number of H-pyrrole nitrogens is 1. The fraction of sp³-hybridized carbons (Fsp3) is 0.450. The van der Waals surface area contributed by atoms with Gasteiger partial charge in [-0.1, -0.05) is 32.5 Å². The summed E-state index contributed by atoms with van der Waals surface area (Å²) in [6.07, 6.45) is 0.567. The second-order valence-electron chi connectivity index (χ2n) is 6.47. The van der Waals surface area contributed by atoms with Gasteiger partial charge in [-0.05, 0) is 23.8 Å². The fourth-order valence-corrected chi connectivity index (χ4v) is 4.03. The first-order valence-electron chi connectivity index (χ1n) is 9.27. The summed E-state index contributed by atoms with van der Waals surface area (Å²) in [5.41, 5.74) is 1.02. The number of rotatable bonds is 10. The highest BCUT2D eigenvalue weighted by Crippen LogP contribution is 2.30. The highest BCUT2D eigenvalue weighted by molar-refractivity contribution is 8.00. The molecule has 158 valence electrons. The molecular formula is C20H27N3O4S2. The number of anilines is 1. The SMILES string of the molecule is CCC(Sc1nc(CSC(C)C)cc(=O)[nH]1)C(=O)Nc1cc(OC)ccc1OC. The zero-order valence-corrected chi connectivity index (χ0v) is 18.9. The van der Waals surface area contributed by atoms with E-state index < -0.39 is 5.25 Å². The third kappa shape index (κ3) is 7.01. The largest absolute Gasteiger partial charge is 0.497 e. The van der Waals surface area contributed by atoms with Gasteiger partial charge in [0.15, 0.2) is 5.16 Å². The van der Waals surface area contributed by atoms with Crippen LogP contribution in [-0.2, 0) is 10.5 Å². The average molecular weight is 438 g/mol.